The molecular weight excluding hydrogens is 290 g/mol. The van der Waals surface area contributed by atoms with Crippen molar-refractivity contribution in [3.05, 3.63) is 49.5 Å². The summed E-state index contributed by atoms with van der Waals surface area (Å²) >= 11 is 10.7. The summed E-state index contributed by atoms with van der Waals surface area (Å²) in [5.41, 5.74) is 0.372. The van der Waals surface area contributed by atoms with E-state index in [1.807, 2.05) is 0 Å². The lowest BCUT2D eigenvalue weighted by molar-refractivity contribution is -0.384. The van der Waals surface area contributed by atoms with Crippen molar-refractivity contribution in [3.8, 4) is 0 Å². The Bertz CT molecular complexity index is 721. The summed E-state index contributed by atoms with van der Waals surface area (Å²) in [5.74, 6) is 0.588. The van der Waals surface area contributed by atoms with E-state index in [2.05, 4.69) is 15.3 Å². The molecule has 0 unspecified atom stereocenters. The number of aromatic amines is 1. The van der Waals surface area contributed by atoms with E-state index < -0.39 is 4.92 Å². The zero-order chi connectivity index (χ0) is 14.0. The van der Waals surface area contributed by atoms with E-state index >= 15 is 0 Å². The maximum absolute atomic E-state index is 10.8. The summed E-state index contributed by atoms with van der Waals surface area (Å²) in [6, 6.07) is 4.41. The lowest BCUT2D eigenvalue weighted by Gasteiger charge is -1.97. The predicted octanol–water partition coefficient (Wildman–Crippen LogP) is 2.69. The Morgan fingerprint density at radius 3 is 2.95 bits per heavy atom. The van der Waals surface area contributed by atoms with Crippen LogP contribution in [-0.4, -0.2) is 26.0 Å². The smallest absolute Gasteiger partial charge is 0.258 e. The van der Waals surface area contributed by atoms with E-state index in [1.54, 1.807) is 13.0 Å². The van der Waals surface area contributed by atoms with Gasteiger partial charge in [-0.3, -0.25) is 15.2 Å². The molecule has 0 saturated carbocycles. The molecule has 0 spiro atoms. The number of aryl methyl sites for hydroxylation is 1. The quantitative estimate of drug-likeness (QED) is 0.408. The summed E-state index contributed by atoms with van der Waals surface area (Å²) < 4.78 is 1.76. The molecular formula is C10H8ClN5O2S. The molecule has 0 aliphatic rings. The molecule has 0 fully saturated rings. The second-order valence-corrected chi connectivity index (χ2v) is 4.39. The fraction of sp³-hybridized carbons (Fsp3) is 0.100. The number of nitrogens with zero attached hydrogens (tertiary/aromatic N) is 4. The Morgan fingerprint density at radius 1 is 1.63 bits per heavy atom. The van der Waals surface area contributed by atoms with Gasteiger partial charge in [0.15, 0.2) is 0 Å². The average molecular weight is 298 g/mol. The number of nitro groups is 1. The van der Waals surface area contributed by atoms with Crippen molar-refractivity contribution in [2.45, 2.75) is 6.92 Å². The number of hydrogen-bond acceptors (Lipinski definition) is 5. The number of nitrogens with one attached hydrogen (secondary N) is 1. The van der Waals surface area contributed by atoms with Crippen LogP contribution in [0.3, 0.4) is 0 Å². The van der Waals surface area contributed by atoms with Gasteiger partial charge in [0.2, 0.25) is 4.77 Å². The first-order chi connectivity index (χ1) is 8.99. The average Bonchev–Trinajstić information content (AvgIpc) is 2.68. The number of nitro benzene ring substituents is 1. The van der Waals surface area contributed by atoms with Gasteiger partial charge in [0.05, 0.1) is 11.1 Å². The zero-order valence-electron chi connectivity index (χ0n) is 9.70. The predicted molar refractivity (Wildman–Crippen MR) is 73.2 cm³/mol. The lowest BCUT2D eigenvalue weighted by Crippen LogP contribution is -1.95. The van der Waals surface area contributed by atoms with Gasteiger partial charge in [0.25, 0.3) is 5.69 Å². The summed E-state index contributed by atoms with van der Waals surface area (Å²) in [6.07, 6.45) is 1.45. The van der Waals surface area contributed by atoms with Gasteiger partial charge in [-0.25, -0.2) is 0 Å². The highest BCUT2D eigenvalue weighted by molar-refractivity contribution is 7.71. The first-order valence-electron chi connectivity index (χ1n) is 5.11. The highest BCUT2D eigenvalue weighted by Gasteiger charge is 2.11. The van der Waals surface area contributed by atoms with Gasteiger partial charge in [-0.05, 0) is 25.2 Å². The Hall–Kier alpha value is -2.06. The maximum atomic E-state index is 10.8. The molecule has 0 radical (unpaired) electrons. The van der Waals surface area contributed by atoms with Gasteiger partial charge >= 0.3 is 0 Å². The number of rotatable bonds is 3. The van der Waals surface area contributed by atoms with Crippen LogP contribution in [0.25, 0.3) is 0 Å². The number of hydrogen-bond donors (Lipinski definition) is 1. The van der Waals surface area contributed by atoms with Crippen LogP contribution in [0.1, 0.15) is 11.4 Å². The van der Waals surface area contributed by atoms with Gasteiger partial charge in [0, 0.05) is 11.6 Å². The standard InChI is InChI=1S/C10H8ClN5O2S/c1-6-13-14-10(19)15(6)12-5-7-2-3-8(11)9(4-7)16(17)18/h2-5H,1H3,(H,14,19)/b12-5-. The molecule has 1 aromatic carbocycles. The first kappa shape index (κ1) is 13.4. The molecule has 0 bridgehead atoms. The number of benzene rings is 1. The SMILES string of the molecule is Cc1n[nH]c(=S)n1/N=C\c1ccc(Cl)c([N+](=O)[O-])c1. The molecule has 0 saturated heterocycles. The highest BCUT2D eigenvalue weighted by atomic mass is 35.5. The third-order valence-electron chi connectivity index (χ3n) is 2.30. The maximum Gasteiger partial charge on any atom is 0.288 e. The molecule has 9 heteroatoms. The number of aromatic nitrogens is 3. The Balaban J connectivity index is 2.37. The van der Waals surface area contributed by atoms with Crippen molar-refractivity contribution in [1.29, 1.82) is 0 Å². The second kappa shape index (κ2) is 5.29. The second-order valence-electron chi connectivity index (χ2n) is 3.60. The summed E-state index contributed by atoms with van der Waals surface area (Å²) in [4.78, 5) is 10.2. The van der Waals surface area contributed by atoms with Gasteiger partial charge in [-0.1, -0.05) is 17.7 Å². The molecule has 19 heavy (non-hydrogen) atoms. The van der Waals surface area contributed by atoms with Gasteiger partial charge in [0.1, 0.15) is 10.8 Å². The normalized spacial score (nSPS) is 11.1. The van der Waals surface area contributed by atoms with Crippen LogP contribution in [0.2, 0.25) is 5.02 Å². The zero-order valence-corrected chi connectivity index (χ0v) is 11.3. The molecule has 2 aromatic rings. The van der Waals surface area contributed by atoms with Gasteiger partial charge in [-0.15, -0.1) is 0 Å². The number of halogens is 1. The molecule has 1 N–H and O–H groups in total. The van der Waals surface area contributed by atoms with Crippen molar-refractivity contribution in [1.82, 2.24) is 14.9 Å². The minimum atomic E-state index is -0.547. The van der Waals surface area contributed by atoms with Gasteiger partial charge in [-0.2, -0.15) is 14.9 Å². The van der Waals surface area contributed by atoms with E-state index in [-0.39, 0.29) is 10.7 Å². The van der Waals surface area contributed by atoms with E-state index in [0.29, 0.717) is 16.2 Å². The monoisotopic (exact) mass is 297 g/mol. The van der Waals surface area contributed by atoms with E-state index in [9.17, 15) is 10.1 Å². The summed E-state index contributed by atoms with van der Waals surface area (Å²) in [5, 5.41) is 21.4. The summed E-state index contributed by atoms with van der Waals surface area (Å²) in [6.45, 7) is 1.73. The molecule has 0 aliphatic carbocycles. The minimum Gasteiger partial charge on any atom is -0.258 e. The molecule has 2 rings (SSSR count). The fourth-order valence-corrected chi connectivity index (χ4v) is 1.79. The van der Waals surface area contributed by atoms with Crippen molar-refractivity contribution in [2.24, 2.45) is 5.10 Å². The molecule has 0 amide bonds. The van der Waals surface area contributed by atoms with Gasteiger partial charge < -0.3 is 0 Å². The van der Waals surface area contributed by atoms with Crippen molar-refractivity contribution >= 4 is 35.7 Å². The Kier molecular flexibility index (Phi) is 3.72. The third kappa shape index (κ3) is 2.85. The van der Waals surface area contributed by atoms with Crippen LogP contribution in [-0.2, 0) is 0 Å². The first-order valence-corrected chi connectivity index (χ1v) is 5.90. The van der Waals surface area contributed by atoms with Crippen molar-refractivity contribution < 1.29 is 4.92 Å². The molecule has 7 nitrogen and oxygen atoms in total. The van der Waals surface area contributed by atoms with Crippen molar-refractivity contribution in [3.63, 3.8) is 0 Å². The lowest BCUT2D eigenvalue weighted by atomic mass is 10.2. The molecule has 1 aromatic heterocycles. The highest BCUT2D eigenvalue weighted by Crippen LogP contribution is 2.24. The van der Waals surface area contributed by atoms with Crippen LogP contribution in [0.5, 0.6) is 0 Å². The van der Waals surface area contributed by atoms with Crippen molar-refractivity contribution in [2.75, 3.05) is 0 Å². The van der Waals surface area contributed by atoms with Crippen LogP contribution in [0.15, 0.2) is 23.3 Å². The Morgan fingerprint density at radius 2 is 2.37 bits per heavy atom. The van der Waals surface area contributed by atoms with Crippen LogP contribution < -0.4 is 0 Å². The van der Waals surface area contributed by atoms with E-state index in [4.69, 9.17) is 23.8 Å². The number of H-pyrrole nitrogens is 1. The van der Waals surface area contributed by atoms with E-state index in [1.165, 1.54) is 23.0 Å². The fourth-order valence-electron chi connectivity index (χ4n) is 1.38. The summed E-state index contributed by atoms with van der Waals surface area (Å²) in [7, 11) is 0. The third-order valence-corrected chi connectivity index (χ3v) is 2.89. The topological polar surface area (TPSA) is 89.1 Å². The van der Waals surface area contributed by atoms with Crippen LogP contribution in [0.4, 0.5) is 5.69 Å². The minimum absolute atomic E-state index is 0.0817. The molecule has 0 atom stereocenters. The Labute approximate surface area is 117 Å². The largest absolute Gasteiger partial charge is 0.288 e. The van der Waals surface area contributed by atoms with Crippen LogP contribution in [0, 0.1) is 21.8 Å². The molecule has 98 valence electrons. The molecule has 1 heterocycles. The van der Waals surface area contributed by atoms with Crippen LogP contribution >= 0.6 is 23.8 Å². The van der Waals surface area contributed by atoms with E-state index in [0.717, 1.165) is 0 Å². The molecule has 0 aliphatic heterocycles.